The van der Waals surface area contributed by atoms with Gasteiger partial charge in [0.2, 0.25) is 10.0 Å². The first-order chi connectivity index (χ1) is 13.8. The van der Waals surface area contributed by atoms with Gasteiger partial charge in [0.05, 0.1) is 4.90 Å². The Morgan fingerprint density at radius 1 is 1.07 bits per heavy atom. The van der Waals surface area contributed by atoms with Crippen LogP contribution in [0, 0.1) is 5.82 Å². The first-order valence-corrected chi connectivity index (χ1v) is 11.0. The number of piperidine rings is 1. The largest absolute Gasteiger partial charge is 0.326 e. The molecule has 1 saturated heterocycles. The van der Waals surface area contributed by atoms with Crippen molar-refractivity contribution in [3.05, 3.63) is 65.5 Å². The average Bonchev–Trinajstić information content (AvgIpc) is 3.04. The lowest BCUT2D eigenvalue weighted by Crippen LogP contribution is -2.52. The zero-order valence-electron chi connectivity index (χ0n) is 16.1. The van der Waals surface area contributed by atoms with Gasteiger partial charge in [-0.2, -0.15) is 4.31 Å². The van der Waals surface area contributed by atoms with Gasteiger partial charge in [0.25, 0.3) is 5.91 Å². The fraction of sp³-hybridized carbons (Fsp3) is 0.333. The molecule has 1 N–H and O–H groups in total. The van der Waals surface area contributed by atoms with Crippen molar-refractivity contribution >= 4 is 21.6 Å². The van der Waals surface area contributed by atoms with E-state index in [4.69, 9.17) is 0 Å². The third-order valence-electron chi connectivity index (χ3n) is 5.52. The summed E-state index contributed by atoms with van der Waals surface area (Å²) in [6.07, 6.45) is 1.62. The molecule has 0 unspecified atom stereocenters. The third-order valence-corrected chi connectivity index (χ3v) is 7.44. The standard InChI is InChI=1S/C21H22FN3O3S/c1-2-15-3-9-18(10-4-15)29(27,28)25-13-11-21(12-14-25)23-19(20(26)24-21)16-5-7-17(22)8-6-16/h3-10H,2,11-14H2,1H3,(H,24,26). The summed E-state index contributed by atoms with van der Waals surface area (Å²) in [5.74, 6) is -0.698. The predicted octanol–water partition coefficient (Wildman–Crippen LogP) is 2.49. The van der Waals surface area contributed by atoms with Crippen molar-refractivity contribution in [3.8, 4) is 0 Å². The molecule has 4 rings (SSSR count). The number of hydrogen-bond donors (Lipinski definition) is 1. The van der Waals surface area contributed by atoms with Crippen LogP contribution in [0.25, 0.3) is 0 Å². The third kappa shape index (κ3) is 3.70. The first-order valence-electron chi connectivity index (χ1n) is 9.60. The normalized spacial score (nSPS) is 19.2. The molecule has 6 nitrogen and oxygen atoms in total. The zero-order chi connectivity index (χ0) is 20.6. The summed E-state index contributed by atoms with van der Waals surface area (Å²) in [6.45, 7) is 2.54. The summed E-state index contributed by atoms with van der Waals surface area (Å²) in [7, 11) is -3.59. The molecule has 0 saturated carbocycles. The van der Waals surface area contributed by atoms with Crippen LogP contribution in [0.2, 0.25) is 0 Å². The minimum atomic E-state index is -3.59. The number of aryl methyl sites for hydroxylation is 1. The molecule has 0 aliphatic carbocycles. The smallest absolute Gasteiger partial charge is 0.272 e. The first kappa shape index (κ1) is 19.7. The van der Waals surface area contributed by atoms with Gasteiger partial charge in [0, 0.05) is 31.5 Å². The molecule has 2 heterocycles. The fourth-order valence-electron chi connectivity index (χ4n) is 3.75. The van der Waals surface area contributed by atoms with Gasteiger partial charge in [-0.05, 0) is 48.4 Å². The van der Waals surface area contributed by atoms with Crippen molar-refractivity contribution < 1.29 is 17.6 Å². The molecule has 2 aromatic rings. The van der Waals surface area contributed by atoms with Crippen LogP contribution in [0.5, 0.6) is 0 Å². The van der Waals surface area contributed by atoms with E-state index in [1.54, 1.807) is 12.1 Å². The molecule has 2 aliphatic heterocycles. The van der Waals surface area contributed by atoms with E-state index in [0.29, 0.717) is 18.4 Å². The summed E-state index contributed by atoms with van der Waals surface area (Å²) in [5.41, 5.74) is 1.08. The molecule has 2 aliphatic rings. The Labute approximate surface area is 169 Å². The van der Waals surface area contributed by atoms with E-state index < -0.39 is 15.7 Å². The summed E-state index contributed by atoms with van der Waals surface area (Å²) >= 11 is 0. The second kappa shape index (κ2) is 7.35. The van der Waals surface area contributed by atoms with Crippen LogP contribution >= 0.6 is 0 Å². The van der Waals surface area contributed by atoms with Crippen molar-refractivity contribution in [1.29, 1.82) is 0 Å². The van der Waals surface area contributed by atoms with Gasteiger partial charge < -0.3 is 5.32 Å². The summed E-state index contributed by atoms with van der Waals surface area (Å²) < 4.78 is 40.5. The molecule has 152 valence electrons. The molecule has 2 aromatic carbocycles. The van der Waals surface area contributed by atoms with Crippen LogP contribution in [0.1, 0.15) is 30.9 Å². The van der Waals surface area contributed by atoms with E-state index >= 15 is 0 Å². The summed E-state index contributed by atoms with van der Waals surface area (Å²) in [5, 5.41) is 2.90. The van der Waals surface area contributed by atoms with Gasteiger partial charge >= 0.3 is 0 Å². The number of halogens is 1. The maximum absolute atomic E-state index is 13.2. The van der Waals surface area contributed by atoms with Crippen LogP contribution in [-0.2, 0) is 21.2 Å². The molecule has 1 amide bonds. The number of nitrogens with zero attached hydrogens (tertiary/aromatic N) is 2. The number of carbonyl (C=O) groups is 1. The predicted molar refractivity (Wildman–Crippen MR) is 108 cm³/mol. The Hall–Kier alpha value is -2.58. The van der Waals surface area contributed by atoms with Gasteiger partial charge in [-0.25, -0.2) is 12.8 Å². The van der Waals surface area contributed by atoms with E-state index in [1.165, 1.54) is 28.6 Å². The number of hydrogen-bond acceptors (Lipinski definition) is 4. The highest BCUT2D eigenvalue weighted by Crippen LogP contribution is 2.31. The molecule has 0 atom stereocenters. The minimum Gasteiger partial charge on any atom is -0.326 e. The van der Waals surface area contributed by atoms with E-state index in [-0.39, 0.29) is 35.4 Å². The molecule has 29 heavy (non-hydrogen) atoms. The minimum absolute atomic E-state index is 0.261. The molecule has 0 bridgehead atoms. The fourth-order valence-corrected chi connectivity index (χ4v) is 5.19. The molecular formula is C21H22FN3O3S. The summed E-state index contributed by atoms with van der Waals surface area (Å²) in [6, 6.07) is 12.5. The van der Waals surface area contributed by atoms with E-state index in [2.05, 4.69) is 10.3 Å². The monoisotopic (exact) mass is 415 g/mol. The highest BCUT2D eigenvalue weighted by Gasteiger charge is 2.44. The molecule has 0 aromatic heterocycles. The SMILES string of the molecule is CCc1ccc(S(=O)(=O)N2CCC3(CC2)N=C(c2ccc(F)cc2)C(=O)N3)cc1. The second-order valence-electron chi connectivity index (χ2n) is 7.35. The highest BCUT2D eigenvalue weighted by atomic mass is 32.2. The zero-order valence-corrected chi connectivity index (χ0v) is 16.9. The van der Waals surface area contributed by atoms with Gasteiger partial charge in [0.15, 0.2) is 0 Å². The topological polar surface area (TPSA) is 78.8 Å². The lowest BCUT2D eigenvalue weighted by Gasteiger charge is -2.36. The Morgan fingerprint density at radius 2 is 1.69 bits per heavy atom. The number of carbonyl (C=O) groups excluding carboxylic acids is 1. The number of rotatable bonds is 4. The van der Waals surface area contributed by atoms with E-state index in [0.717, 1.165) is 12.0 Å². The molecule has 8 heteroatoms. The molecule has 0 radical (unpaired) electrons. The van der Waals surface area contributed by atoms with Gasteiger partial charge in [-0.15, -0.1) is 0 Å². The van der Waals surface area contributed by atoms with Crippen LogP contribution < -0.4 is 5.32 Å². The second-order valence-corrected chi connectivity index (χ2v) is 9.29. The van der Waals surface area contributed by atoms with Crippen molar-refractivity contribution in [3.63, 3.8) is 0 Å². The number of aliphatic imine (C=N–C) groups is 1. The van der Waals surface area contributed by atoms with E-state index in [1.807, 2.05) is 19.1 Å². The Bertz CT molecular complexity index is 1060. The Balaban J connectivity index is 1.51. The Morgan fingerprint density at radius 3 is 2.28 bits per heavy atom. The number of nitrogens with one attached hydrogen (secondary N) is 1. The quantitative estimate of drug-likeness (QED) is 0.833. The van der Waals surface area contributed by atoms with Gasteiger partial charge in [-0.1, -0.05) is 19.1 Å². The molecular weight excluding hydrogens is 393 g/mol. The number of sulfonamides is 1. The van der Waals surface area contributed by atoms with Crippen LogP contribution in [0.15, 0.2) is 58.4 Å². The Kier molecular flexibility index (Phi) is 5.00. The maximum Gasteiger partial charge on any atom is 0.272 e. The highest BCUT2D eigenvalue weighted by molar-refractivity contribution is 7.89. The van der Waals surface area contributed by atoms with Crippen molar-refractivity contribution in [2.24, 2.45) is 4.99 Å². The van der Waals surface area contributed by atoms with Gasteiger partial charge in [-0.3, -0.25) is 9.79 Å². The average molecular weight is 415 g/mol. The lowest BCUT2D eigenvalue weighted by molar-refractivity contribution is -0.115. The van der Waals surface area contributed by atoms with Crippen molar-refractivity contribution in [2.75, 3.05) is 13.1 Å². The van der Waals surface area contributed by atoms with Crippen LogP contribution in [0.3, 0.4) is 0 Å². The molecule has 1 spiro atoms. The van der Waals surface area contributed by atoms with Crippen LogP contribution in [0.4, 0.5) is 4.39 Å². The van der Waals surface area contributed by atoms with Gasteiger partial charge in [0.1, 0.15) is 17.2 Å². The number of amides is 1. The van der Waals surface area contributed by atoms with E-state index in [9.17, 15) is 17.6 Å². The van der Waals surface area contributed by atoms with Crippen molar-refractivity contribution in [2.45, 2.75) is 36.7 Å². The maximum atomic E-state index is 13.2. The summed E-state index contributed by atoms with van der Waals surface area (Å²) in [4.78, 5) is 17.3. The van der Waals surface area contributed by atoms with Crippen molar-refractivity contribution in [1.82, 2.24) is 9.62 Å². The van der Waals surface area contributed by atoms with Crippen LogP contribution in [-0.4, -0.2) is 43.1 Å². The number of benzene rings is 2. The molecule has 1 fully saturated rings. The lowest BCUT2D eigenvalue weighted by atomic mass is 10.00.